The normalized spacial score (nSPS) is 14.8. The van der Waals surface area contributed by atoms with Crippen LogP contribution in [0.1, 0.15) is 6.92 Å². The predicted molar refractivity (Wildman–Crippen MR) is 34.5 cm³/mol. The van der Waals surface area contributed by atoms with Gasteiger partial charge in [0.2, 0.25) is 0 Å². The molecule has 2 N–H and O–H groups in total. The van der Waals surface area contributed by atoms with Crippen LogP contribution < -0.4 is 0 Å². The maximum atomic E-state index is 10.3. The minimum absolute atomic E-state index is 0.424. The van der Waals surface area contributed by atoms with Gasteiger partial charge in [-0.1, -0.05) is 0 Å². The first kappa shape index (κ1) is 9.84. The Balaban J connectivity index is 4.90. The van der Waals surface area contributed by atoms with Crippen LogP contribution >= 0.6 is 0 Å². The van der Waals surface area contributed by atoms with Crippen molar-refractivity contribution >= 4 is 11.9 Å². The van der Waals surface area contributed by atoms with Crippen LogP contribution in [0.25, 0.3) is 0 Å². The average Bonchev–Trinajstić information content (AvgIpc) is 2.01. The predicted octanol–water partition coefficient (Wildman–Crippen LogP) is -0.816. The molecule has 0 saturated heterocycles. The van der Waals surface area contributed by atoms with Gasteiger partial charge in [0.25, 0.3) is 5.79 Å². The molecule has 1 unspecified atom stereocenters. The van der Waals surface area contributed by atoms with Crippen molar-refractivity contribution in [2.24, 2.45) is 0 Å². The van der Waals surface area contributed by atoms with Gasteiger partial charge in [0.1, 0.15) is 5.94 Å². The molecule has 1 atom stereocenters. The molecule has 0 aromatic carbocycles. The number of carboxylic acid groups (broad SMARTS) is 1. The molecule has 0 radical (unpaired) electrons. The quantitative estimate of drug-likeness (QED) is 0.416. The van der Waals surface area contributed by atoms with Crippen molar-refractivity contribution in [3.63, 3.8) is 0 Å². The topological polar surface area (TPSA) is 83.8 Å². The summed E-state index contributed by atoms with van der Waals surface area (Å²) < 4.78 is 4.21. The average molecular weight is 160 g/mol. The Kier molecular flexibility index (Phi) is 2.95. The molecule has 11 heavy (non-hydrogen) atoms. The van der Waals surface area contributed by atoms with Crippen LogP contribution in [0.5, 0.6) is 0 Å². The number of aliphatic hydroxyl groups is 1. The van der Waals surface area contributed by atoms with Crippen LogP contribution in [0.3, 0.4) is 0 Å². The molecule has 0 aliphatic rings. The lowest BCUT2D eigenvalue weighted by Gasteiger charge is -2.18. The first-order chi connectivity index (χ1) is 4.99. The van der Waals surface area contributed by atoms with Crippen LogP contribution in [-0.2, 0) is 14.3 Å². The summed E-state index contributed by atoms with van der Waals surface area (Å²) in [6, 6.07) is 0. The van der Waals surface area contributed by atoms with Gasteiger partial charge in [-0.05, 0) is 6.92 Å². The van der Waals surface area contributed by atoms with E-state index in [-0.39, 0.29) is 0 Å². The Morgan fingerprint density at radius 2 is 2.09 bits per heavy atom. The molecule has 0 fully saturated rings. The fraction of sp³-hybridized carbons (Fsp3) is 0.500. The monoisotopic (exact) mass is 160 g/mol. The summed E-state index contributed by atoms with van der Waals surface area (Å²) >= 11 is 0. The molecular weight excluding hydrogens is 152 g/mol. The van der Waals surface area contributed by atoms with Gasteiger partial charge in [0.15, 0.2) is 0 Å². The summed E-state index contributed by atoms with van der Waals surface area (Å²) in [7, 11) is 0.981. The lowest BCUT2D eigenvalue weighted by Crippen LogP contribution is -2.41. The van der Waals surface area contributed by atoms with Crippen LogP contribution in [0, 0.1) is 0 Å². The van der Waals surface area contributed by atoms with E-state index in [0.717, 1.165) is 14.0 Å². The molecule has 0 aromatic heterocycles. The van der Waals surface area contributed by atoms with Crippen LogP contribution in [0.15, 0.2) is 5.57 Å². The van der Waals surface area contributed by atoms with Gasteiger partial charge in [0, 0.05) is 7.11 Å². The molecular formula is C6H8O5. The Labute approximate surface area is 62.9 Å². The van der Waals surface area contributed by atoms with Gasteiger partial charge in [0.05, 0.1) is 5.57 Å². The van der Waals surface area contributed by atoms with E-state index in [1.807, 2.05) is 0 Å². The summed E-state index contributed by atoms with van der Waals surface area (Å²) in [5, 5.41) is 17.4. The highest BCUT2D eigenvalue weighted by Crippen LogP contribution is 2.14. The highest BCUT2D eigenvalue weighted by molar-refractivity contribution is 5.82. The summed E-state index contributed by atoms with van der Waals surface area (Å²) in [6.45, 7) is 1.12. The molecule has 0 spiro atoms. The fourth-order valence-electron chi connectivity index (χ4n) is 0.470. The minimum Gasteiger partial charge on any atom is -0.477 e. The number of ether oxygens (including phenoxy) is 1. The second-order valence-electron chi connectivity index (χ2n) is 1.88. The number of carbonyl (C=O) groups excluding carboxylic acids is 1. The molecule has 0 bridgehead atoms. The number of aliphatic carboxylic acids is 1. The van der Waals surface area contributed by atoms with Crippen LogP contribution in [0.2, 0.25) is 0 Å². The van der Waals surface area contributed by atoms with Gasteiger partial charge < -0.3 is 14.9 Å². The van der Waals surface area contributed by atoms with Gasteiger partial charge in [-0.15, -0.1) is 0 Å². The molecule has 0 amide bonds. The van der Waals surface area contributed by atoms with E-state index in [9.17, 15) is 9.59 Å². The fourth-order valence-corrected chi connectivity index (χ4v) is 0.470. The molecule has 0 aromatic rings. The van der Waals surface area contributed by atoms with E-state index in [1.165, 1.54) is 5.94 Å². The largest absolute Gasteiger partial charge is 0.477 e. The standard InChI is InChI=1S/C6H8O5/c1-4(3-7)6(10,11-2)5(8)9/h10H,1-2H3,(H,8,9). The van der Waals surface area contributed by atoms with Crippen LogP contribution in [0.4, 0.5) is 0 Å². The first-order valence-corrected chi connectivity index (χ1v) is 2.72. The zero-order chi connectivity index (χ0) is 9.07. The van der Waals surface area contributed by atoms with Gasteiger partial charge in [-0.25, -0.2) is 9.59 Å². The highest BCUT2D eigenvalue weighted by atomic mass is 16.6. The van der Waals surface area contributed by atoms with Crippen molar-refractivity contribution in [2.75, 3.05) is 7.11 Å². The number of methoxy groups -OCH3 is 1. The summed E-state index contributed by atoms with van der Waals surface area (Å²) in [5.74, 6) is -2.93. The molecule has 0 aliphatic heterocycles. The lowest BCUT2D eigenvalue weighted by atomic mass is 10.1. The molecule has 0 saturated carbocycles. The number of carboxylic acids is 1. The molecule has 5 heteroatoms. The van der Waals surface area contributed by atoms with Crippen molar-refractivity contribution in [1.29, 1.82) is 0 Å². The van der Waals surface area contributed by atoms with Gasteiger partial charge in [-0.3, -0.25) is 0 Å². The molecule has 0 aliphatic carbocycles. The third-order valence-corrected chi connectivity index (χ3v) is 1.25. The van der Waals surface area contributed by atoms with E-state index >= 15 is 0 Å². The number of hydrogen-bond acceptors (Lipinski definition) is 4. The maximum Gasteiger partial charge on any atom is 0.369 e. The number of hydrogen-bond donors (Lipinski definition) is 2. The Morgan fingerprint density at radius 3 is 2.18 bits per heavy atom. The van der Waals surface area contributed by atoms with Crippen molar-refractivity contribution in [1.82, 2.24) is 0 Å². The molecule has 62 valence electrons. The summed E-state index contributed by atoms with van der Waals surface area (Å²) in [4.78, 5) is 20.2. The third-order valence-electron chi connectivity index (χ3n) is 1.25. The van der Waals surface area contributed by atoms with E-state index in [4.69, 9.17) is 10.2 Å². The third kappa shape index (κ3) is 1.65. The maximum absolute atomic E-state index is 10.3. The van der Waals surface area contributed by atoms with Crippen LogP contribution in [-0.4, -0.2) is 35.0 Å². The van der Waals surface area contributed by atoms with Crippen molar-refractivity contribution in [3.8, 4) is 0 Å². The van der Waals surface area contributed by atoms with E-state index in [1.54, 1.807) is 0 Å². The van der Waals surface area contributed by atoms with Crippen molar-refractivity contribution in [2.45, 2.75) is 12.7 Å². The Morgan fingerprint density at radius 1 is 1.64 bits per heavy atom. The molecule has 5 nitrogen and oxygen atoms in total. The van der Waals surface area contributed by atoms with Gasteiger partial charge in [-0.2, -0.15) is 0 Å². The SMILES string of the molecule is COC(O)(C(=O)O)C(C)=C=O. The second-order valence-corrected chi connectivity index (χ2v) is 1.88. The first-order valence-electron chi connectivity index (χ1n) is 2.72. The highest BCUT2D eigenvalue weighted by Gasteiger charge is 2.39. The zero-order valence-corrected chi connectivity index (χ0v) is 6.12. The Bertz CT molecular complexity index is 215. The second kappa shape index (κ2) is 3.30. The Hall–Kier alpha value is -1.16. The zero-order valence-electron chi connectivity index (χ0n) is 6.12. The molecule has 0 rings (SSSR count). The molecule has 0 heterocycles. The van der Waals surface area contributed by atoms with E-state index < -0.39 is 17.3 Å². The smallest absolute Gasteiger partial charge is 0.369 e. The van der Waals surface area contributed by atoms with Gasteiger partial charge >= 0.3 is 5.97 Å². The van der Waals surface area contributed by atoms with Crippen molar-refractivity contribution < 1.29 is 24.5 Å². The lowest BCUT2D eigenvalue weighted by molar-refractivity contribution is -0.198. The number of carbonyl (C=O) groups is 1. The summed E-state index contributed by atoms with van der Waals surface area (Å²) in [6.07, 6.45) is 0. The van der Waals surface area contributed by atoms with E-state index in [2.05, 4.69) is 4.74 Å². The number of rotatable bonds is 3. The summed E-state index contributed by atoms with van der Waals surface area (Å²) in [5.41, 5.74) is -0.424. The van der Waals surface area contributed by atoms with Crippen molar-refractivity contribution in [3.05, 3.63) is 5.57 Å². The minimum atomic E-state index is -2.54. The van der Waals surface area contributed by atoms with E-state index in [0.29, 0.717) is 0 Å².